The topological polar surface area (TPSA) is 76.7 Å². The van der Waals surface area contributed by atoms with Crippen molar-refractivity contribution in [2.24, 2.45) is 0 Å². The summed E-state index contributed by atoms with van der Waals surface area (Å²) in [6, 6.07) is 12.1. The molecule has 6 nitrogen and oxygen atoms in total. The predicted octanol–water partition coefficient (Wildman–Crippen LogP) is 4.25. The number of hydrogen-bond acceptors (Lipinski definition) is 4. The fraction of sp³-hybridized carbons (Fsp3) is 0.333. The maximum Gasteiger partial charge on any atom is 0.255 e. The Bertz CT molecular complexity index is 826. The highest BCUT2D eigenvalue weighted by Crippen LogP contribution is 2.26. The molecule has 0 aliphatic carbocycles. The van der Waals surface area contributed by atoms with Crippen LogP contribution < -0.4 is 15.4 Å². The molecule has 0 saturated carbocycles. The zero-order chi connectivity index (χ0) is 20.5. The number of rotatable bonds is 9. The largest absolute Gasteiger partial charge is 0.490 e. The van der Waals surface area contributed by atoms with E-state index in [1.165, 1.54) is 0 Å². The van der Waals surface area contributed by atoms with Crippen molar-refractivity contribution in [3.8, 4) is 5.75 Å². The minimum absolute atomic E-state index is 0.0536. The molecule has 0 aliphatic heterocycles. The van der Waals surface area contributed by atoms with Crippen LogP contribution in [0.4, 0.5) is 5.69 Å². The number of methoxy groups -OCH3 is 1. The monoisotopic (exact) mass is 448 g/mol. The lowest BCUT2D eigenvalue weighted by Crippen LogP contribution is -2.32. The fourth-order valence-electron chi connectivity index (χ4n) is 2.38. The normalized spacial score (nSPS) is 11.6. The van der Waals surface area contributed by atoms with Crippen molar-refractivity contribution in [1.82, 2.24) is 5.32 Å². The minimum atomic E-state index is -0.312. The quantitative estimate of drug-likeness (QED) is 0.561. The van der Waals surface area contributed by atoms with E-state index in [0.717, 1.165) is 6.42 Å². The van der Waals surface area contributed by atoms with Gasteiger partial charge in [0.15, 0.2) is 0 Å². The lowest BCUT2D eigenvalue weighted by molar-refractivity contribution is 0.0940. The number of anilines is 1. The number of nitrogens with one attached hydrogen (secondary N) is 2. The second-order valence-electron chi connectivity index (χ2n) is 6.27. The Kier molecular flexibility index (Phi) is 8.47. The zero-order valence-electron chi connectivity index (χ0n) is 16.3. The number of hydrogen-bond donors (Lipinski definition) is 2. The van der Waals surface area contributed by atoms with Crippen molar-refractivity contribution in [1.29, 1.82) is 0 Å². The number of carbonyl (C=O) groups is 2. The van der Waals surface area contributed by atoms with Crippen LogP contribution in [-0.4, -0.2) is 38.2 Å². The van der Waals surface area contributed by atoms with E-state index in [4.69, 9.17) is 9.47 Å². The highest BCUT2D eigenvalue weighted by Gasteiger charge is 2.16. The molecule has 1 atom stereocenters. The summed E-state index contributed by atoms with van der Waals surface area (Å²) in [6.45, 7) is 4.83. The number of amides is 2. The van der Waals surface area contributed by atoms with Gasteiger partial charge in [0.2, 0.25) is 0 Å². The Morgan fingerprint density at radius 2 is 1.86 bits per heavy atom. The van der Waals surface area contributed by atoms with Gasteiger partial charge in [-0.15, -0.1) is 0 Å². The first-order valence-electron chi connectivity index (χ1n) is 9.08. The molecule has 1 unspecified atom stereocenters. The standard InChI is InChI=1S/C21H25BrN2O4/c1-4-14(2)23-21(26)16-7-5-6-8-18(16)24-20(25)15-9-10-19(17(22)13-15)28-12-11-27-3/h5-10,13-14H,4,11-12H2,1-3H3,(H,23,26)(H,24,25). The molecule has 0 radical (unpaired) electrons. The van der Waals surface area contributed by atoms with Crippen LogP contribution in [0.15, 0.2) is 46.9 Å². The zero-order valence-corrected chi connectivity index (χ0v) is 17.8. The first-order chi connectivity index (χ1) is 13.5. The van der Waals surface area contributed by atoms with Crippen LogP contribution in [0, 0.1) is 0 Å². The average molecular weight is 449 g/mol. The molecule has 0 saturated heterocycles. The van der Waals surface area contributed by atoms with E-state index in [-0.39, 0.29) is 17.9 Å². The van der Waals surface area contributed by atoms with Crippen molar-refractivity contribution in [2.75, 3.05) is 25.6 Å². The van der Waals surface area contributed by atoms with Crippen molar-refractivity contribution in [3.63, 3.8) is 0 Å². The van der Waals surface area contributed by atoms with Crippen LogP contribution in [-0.2, 0) is 4.74 Å². The minimum Gasteiger partial charge on any atom is -0.490 e. The van der Waals surface area contributed by atoms with Crippen molar-refractivity contribution < 1.29 is 19.1 Å². The summed E-state index contributed by atoms with van der Waals surface area (Å²) >= 11 is 3.42. The number of benzene rings is 2. The predicted molar refractivity (Wildman–Crippen MR) is 113 cm³/mol. The first kappa shape index (κ1) is 21.9. The van der Waals surface area contributed by atoms with Crippen LogP contribution in [0.25, 0.3) is 0 Å². The molecule has 2 amide bonds. The van der Waals surface area contributed by atoms with E-state index in [0.29, 0.717) is 40.3 Å². The number of halogens is 1. The summed E-state index contributed by atoms with van der Waals surface area (Å²) in [5.74, 6) is 0.100. The maximum absolute atomic E-state index is 12.7. The summed E-state index contributed by atoms with van der Waals surface area (Å²) in [4.78, 5) is 25.1. The molecule has 0 bridgehead atoms. The van der Waals surface area contributed by atoms with Crippen molar-refractivity contribution in [2.45, 2.75) is 26.3 Å². The van der Waals surface area contributed by atoms with Gasteiger partial charge in [0.25, 0.3) is 11.8 Å². The molecule has 0 aromatic heterocycles. The van der Waals surface area contributed by atoms with Crippen LogP contribution in [0.2, 0.25) is 0 Å². The highest BCUT2D eigenvalue weighted by atomic mass is 79.9. The van der Waals surface area contributed by atoms with Gasteiger partial charge in [0.1, 0.15) is 12.4 Å². The van der Waals surface area contributed by atoms with E-state index < -0.39 is 0 Å². The van der Waals surface area contributed by atoms with Crippen LogP contribution in [0.1, 0.15) is 41.0 Å². The third kappa shape index (κ3) is 6.07. The lowest BCUT2D eigenvalue weighted by Gasteiger charge is -2.15. The van der Waals surface area contributed by atoms with E-state index in [1.54, 1.807) is 49.6 Å². The smallest absolute Gasteiger partial charge is 0.255 e. The Morgan fingerprint density at radius 3 is 2.54 bits per heavy atom. The third-order valence-corrected chi connectivity index (χ3v) is 4.77. The van der Waals surface area contributed by atoms with Gasteiger partial charge in [-0.1, -0.05) is 19.1 Å². The van der Waals surface area contributed by atoms with E-state index in [9.17, 15) is 9.59 Å². The van der Waals surface area contributed by atoms with Gasteiger partial charge in [-0.2, -0.15) is 0 Å². The van der Waals surface area contributed by atoms with Gasteiger partial charge in [-0.05, 0) is 59.6 Å². The molecule has 0 aliphatic rings. The van der Waals surface area contributed by atoms with E-state index in [1.807, 2.05) is 13.8 Å². The van der Waals surface area contributed by atoms with Crippen LogP contribution >= 0.6 is 15.9 Å². The van der Waals surface area contributed by atoms with Gasteiger partial charge in [-0.25, -0.2) is 0 Å². The Morgan fingerprint density at radius 1 is 1.11 bits per heavy atom. The molecule has 7 heteroatoms. The van der Waals surface area contributed by atoms with Crippen molar-refractivity contribution in [3.05, 3.63) is 58.1 Å². The SMILES string of the molecule is CCC(C)NC(=O)c1ccccc1NC(=O)c1ccc(OCCOC)c(Br)c1. The molecule has 2 aromatic carbocycles. The molecule has 0 spiro atoms. The molecule has 2 rings (SSSR count). The average Bonchev–Trinajstić information content (AvgIpc) is 2.69. The molecule has 150 valence electrons. The molecular formula is C21H25BrN2O4. The lowest BCUT2D eigenvalue weighted by atomic mass is 10.1. The third-order valence-electron chi connectivity index (χ3n) is 4.15. The molecular weight excluding hydrogens is 424 g/mol. The number of carbonyl (C=O) groups excluding carboxylic acids is 2. The van der Waals surface area contributed by atoms with Gasteiger partial charge in [0.05, 0.1) is 22.3 Å². The summed E-state index contributed by atoms with van der Waals surface area (Å²) in [6.07, 6.45) is 0.826. The molecule has 2 aromatic rings. The second kappa shape index (κ2) is 10.8. The molecule has 0 heterocycles. The molecule has 0 fully saturated rings. The molecule has 28 heavy (non-hydrogen) atoms. The highest BCUT2D eigenvalue weighted by molar-refractivity contribution is 9.10. The summed E-state index contributed by atoms with van der Waals surface area (Å²) in [5.41, 5.74) is 1.34. The second-order valence-corrected chi connectivity index (χ2v) is 7.12. The van der Waals surface area contributed by atoms with Crippen LogP contribution in [0.5, 0.6) is 5.75 Å². The number of para-hydroxylation sites is 1. The fourth-order valence-corrected chi connectivity index (χ4v) is 2.88. The summed E-state index contributed by atoms with van der Waals surface area (Å²) < 4.78 is 11.2. The Hall–Kier alpha value is -2.38. The Labute approximate surface area is 173 Å². The first-order valence-corrected chi connectivity index (χ1v) is 9.88. The summed E-state index contributed by atoms with van der Waals surface area (Å²) in [7, 11) is 1.60. The van der Waals surface area contributed by atoms with Gasteiger partial charge in [-0.3, -0.25) is 9.59 Å². The Balaban J connectivity index is 2.13. The van der Waals surface area contributed by atoms with Gasteiger partial charge in [0, 0.05) is 18.7 Å². The van der Waals surface area contributed by atoms with Gasteiger partial charge >= 0.3 is 0 Å². The maximum atomic E-state index is 12.7. The molecule has 2 N–H and O–H groups in total. The number of ether oxygens (including phenoxy) is 2. The van der Waals surface area contributed by atoms with E-state index in [2.05, 4.69) is 26.6 Å². The van der Waals surface area contributed by atoms with E-state index >= 15 is 0 Å². The van der Waals surface area contributed by atoms with Gasteiger partial charge < -0.3 is 20.1 Å². The van der Waals surface area contributed by atoms with Crippen LogP contribution in [0.3, 0.4) is 0 Å². The summed E-state index contributed by atoms with van der Waals surface area (Å²) in [5, 5.41) is 5.73. The van der Waals surface area contributed by atoms with Crippen molar-refractivity contribution >= 4 is 33.4 Å².